The molecule has 0 saturated heterocycles. The van der Waals surface area contributed by atoms with Crippen LogP contribution in [0.5, 0.6) is 0 Å². The van der Waals surface area contributed by atoms with Gasteiger partial charge >= 0.3 is 11.9 Å². The maximum absolute atomic E-state index is 11.4. The van der Waals surface area contributed by atoms with Gasteiger partial charge in [0.25, 0.3) is 0 Å². The van der Waals surface area contributed by atoms with Crippen LogP contribution in [0.3, 0.4) is 0 Å². The second-order valence-electron chi connectivity index (χ2n) is 3.46. The zero-order valence-electron chi connectivity index (χ0n) is 8.28. The predicted molar refractivity (Wildman–Crippen MR) is 46.3 cm³/mol. The fourth-order valence-corrected chi connectivity index (χ4v) is 1.86. The summed E-state index contributed by atoms with van der Waals surface area (Å²) in [6, 6.07) is 0. The van der Waals surface area contributed by atoms with Gasteiger partial charge in [-0.2, -0.15) is 0 Å². The van der Waals surface area contributed by atoms with Crippen molar-refractivity contribution in [2.75, 3.05) is 14.2 Å². The van der Waals surface area contributed by atoms with E-state index in [9.17, 15) is 14.7 Å². The van der Waals surface area contributed by atoms with Crippen molar-refractivity contribution in [3.8, 4) is 0 Å². The zero-order valence-corrected chi connectivity index (χ0v) is 8.28. The van der Waals surface area contributed by atoms with E-state index in [1.165, 1.54) is 14.2 Å². The molecule has 1 saturated carbocycles. The topological polar surface area (TPSA) is 72.8 Å². The van der Waals surface area contributed by atoms with E-state index in [1.54, 1.807) is 0 Å². The highest BCUT2D eigenvalue weighted by Gasteiger charge is 2.53. The van der Waals surface area contributed by atoms with Crippen LogP contribution in [-0.2, 0) is 19.1 Å². The summed E-state index contributed by atoms with van der Waals surface area (Å²) < 4.78 is 9.12. The first-order valence-electron chi connectivity index (χ1n) is 4.41. The molecular formula is C9H14O5. The number of hydrogen-bond acceptors (Lipinski definition) is 5. The Balaban J connectivity index is 2.91. The number of carbonyl (C=O) groups is 2. The van der Waals surface area contributed by atoms with E-state index in [1.807, 2.05) is 0 Å². The van der Waals surface area contributed by atoms with Crippen molar-refractivity contribution >= 4 is 11.9 Å². The Bertz CT molecular complexity index is 232. The maximum Gasteiger partial charge on any atom is 0.323 e. The average Bonchev–Trinajstić information content (AvgIpc) is 2.59. The van der Waals surface area contributed by atoms with Crippen molar-refractivity contribution in [2.24, 2.45) is 5.41 Å². The first-order valence-corrected chi connectivity index (χ1v) is 4.41. The summed E-state index contributed by atoms with van der Waals surface area (Å²) in [5, 5.41) is 9.34. The lowest BCUT2D eigenvalue weighted by molar-refractivity contribution is -0.169. The molecule has 1 N–H and O–H groups in total. The van der Waals surface area contributed by atoms with Crippen molar-refractivity contribution in [3.05, 3.63) is 0 Å². The summed E-state index contributed by atoms with van der Waals surface area (Å²) >= 11 is 0. The third-order valence-corrected chi connectivity index (χ3v) is 2.64. The van der Waals surface area contributed by atoms with Gasteiger partial charge in [-0.25, -0.2) is 0 Å². The van der Waals surface area contributed by atoms with Crippen LogP contribution in [0.4, 0.5) is 0 Å². The van der Waals surface area contributed by atoms with Crippen molar-refractivity contribution in [3.63, 3.8) is 0 Å². The van der Waals surface area contributed by atoms with Crippen LogP contribution in [-0.4, -0.2) is 37.4 Å². The predicted octanol–water partition coefficient (Wildman–Crippen LogP) is -0.136. The lowest BCUT2D eigenvalue weighted by Gasteiger charge is -2.22. The summed E-state index contributed by atoms with van der Waals surface area (Å²) in [4.78, 5) is 22.9. The summed E-state index contributed by atoms with van der Waals surface area (Å²) in [5.41, 5.74) is -1.29. The second kappa shape index (κ2) is 3.96. The molecule has 0 spiro atoms. The highest BCUT2D eigenvalue weighted by Crippen LogP contribution is 2.40. The molecule has 0 radical (unpaired) electrons. The van der Waals surface area contributed by atoms with E-state index >= 15 is 0 Å². The van der Waals surface area contributed by atoms with E-state index in [0.717, 1.165) is 0 Å². The van der Waals surface area contributed by atoms with Gasteiger partial charge in [0.2, 0.25) is 0 Å². The van der Waals surface area contributed by atoms with Gasteiger partial charge in [0.05, 0.1) is 20.3 Å². The summed E-state index contributed by atoms with van der Waals surface area (Å²) in [6.45, 7) is 0. The van der Waals surface area contributed by atoms with Gasteiger partial charge < -0.3 is 14.6 Å². The van der Waals surface area contributed by atoms with Gasteiger partial charge in [-0.1, -0.05) is 0 Å². The lowest BCUT2D eigenvalue weighted by atomic mass is 9.86. The minimum Gasteiger partial charge on any atom is -0.468 e. The number of aliphatic hydroxyl groups excluding tert-OH is 1. The first kappa shape index (κ1) is 11.0. The van der Waals surface area contributed by atoms with Crippen LogP contribution in [0.1, 0.15) is 19.3 Å². The lowest BCUT2D eigenvalue weighted by Crippen LogP contribution is -2.39. The van der Waals surface area contributed by atoms with Crippen LogP contribution in [0.25, 0.3) is 0 Å². The number of esters is 2. The largest absolute Gasteiger partial charge is 0.468 e. The molecule has 5 heteroatoms. The molecule has 0 aromatic carbocycles. The van der Waals surface area contributed by atoms with E-state index < -0.39 is 23.5 Å². The minimum absolute atomic E-state index is 0.0896. The second-order valence-corrected chi connectivity index (χ2v) is 3.46. The summed E-state index contributed by atoms with van der Waals surface area (Å²) in [7, 11) is 2.44. The smallest absolute Gasteiger partial charge is 0.323 e. The Morgan fingerprint density at radius 1 is 1.29 bits per heavy atom. The molecule has 0 aliphatic heterocycles. The van der Waals surface area contributed by atoms with E-state index in [2.05, 4.69) is 9.47 Å². The number of hydrogen-bond donors (Lipinski definition) is 1. The van der Waals surface area contributed by atoms with Crippen molar-refractivity contribution in [1.82, 2.24) is 0 Å². The van der Waals surface area contributed by atoms with Crippen LogP contribution in [0, 0.1) is 5.41 Å². The minimum atomic E-state index is -1.29. The highest BCUT2D eigenvalue weighted by molar-refractivity contribution is 6.00. The van der Waals surface area contributed by atoms with Gasteiger partial charge in [-0.05, 0) is 12.8 Å². The number of rotatable bonds is 2. The van der Waals surface area contributed by atoms with Gasteiger partial charge in [0.1, 0.15) is 0 Å². The maximum atomic E-state index is 11.4. The number of methoxy groups -OCH3 is 2. The summed E-state index contributed by atoms with van der Waals surface area (Å²) in [5.74, 6) is -1.25. The Morgan fingerprint density at radius 3 is 2.07 bits per heavy atom. The Kier molecular flexibility index (Phi) is 3.10. The Hall–Kier alpha value is -1.10. The van der Waals surface area contributed by atoms with Crippen molar-refractivity contribution < 1.29 is 24.2 Å². The Morgan fingerprint density at radius 2 is 1.79 bits per heavy atom. The van der Waals surface area contributed by atoms with E-state index in [4.69, 9.17) is 0 Å². The first-order chi connectivity index (χ1) is 6.56. The monoisotopic (exact) mass is 202 g/mol. The standard InChI is InChI=1S/C9H14O5/c1-13-7(11)9(8(12)14-2)4-3-6(10)5-9/h6,10H,3-5H2,1-2H3/t6-/m0/s1. The van der Waals surface area contributed by atoms with E-state index in [0.29, 0.717) is 6.42 Å². The molecule has 1 aliphatic carbocycles. The van der Waals surface area contributed by atoms with Crippen LogP contribution in [0.15, 0.2) is 0 Å². The molecule has 1 atom stereocenters. The van der Waals surface area contributed by atoms with Gasteiger partial charge in [0, 0.05) is 6.42 Å². The fraction of sp³-hybridized carbons (Fsp3) is 0.778. The molecule has 0 aromatic rings. The Labute approximate surface area is 82.0 Å². The highest BCUT2D eigenvalue weighted by atomic mass is 16.5. The molecule has 1 aliphatic rings. The third kappa shape index (κ3) is 1.59. The van der Waals surface area contributed by atoms with Gasteiger partial charge in [-0.3, -0.25) is 9.59 Å². The van der Waals surface area contributed by atoms with E-state index in [-0.39, 0.29) is 12.8 Å². The molecule has 5 nitrogen and oxygen atoms in total. The van der Waals surface area contributed by atoms with Crippen molar-refractivity contribution in [1.29, 1.82) is 0 Å². The van der Waals surface area contributed by atoms with Crippen molar-refractivity contribution in [2.45, 2.75) is 25.4 Å². The zero-order chi connectivity index (χ0) is 10.8. The van der Waals surface area contributed by atoms with Gasteiger partial charge in [0.15, 0.2) is 5.41 Å². The molecule has 0 aromatic heterocycles. The molecule has 0 heterocycles. The fourth-order valence-electron chi connectivity index (χ4n) is 1.86. The molecule has 0 amide bonds. The van der Waals surface area contributed by atoms with Crippen LogP contribution in [0.2, 0.25) is 0 Å². The quantitative estimate of drug-likeness (QED) is 0.498. The molecule has 0 bridgehead atoms. The average molecular weight is 202 g/mol. The molecular weight excluding hydrogens is 188 g/mol. The number of ether oxygens (including phenoxy) is 2. The molecule has 14 heavy (non-hydrogen) atoms. The van der Waals surface area contributed by atoms with Gasteiger partial charge in [-0.15, -0.1) is 0 Å². The third-order valence-electron chi connectivity index (χ3n) is 2.64. The molecule has 80 valence electrons. The van der Waals surface area contributed by atoms with Crippen LogP contribution >= 0.6 is 0 Å². The SMILES string of the molecule is COC(=O)C1(C(=O)OC)CC[C@H](O)C1. The number of aliphatic hydroxyl groups is 1. The number of carbonyl (C=O) groups excluding carboxylic acids is 2. The normalized spacial score (nSPS) is 24.4. The van der Waals surface area contributed by atoms with Crippen LogP contribution < -0.4 is 0 Å². The summed E-state index contributed by atoms with van der Waals surface area (Å²) in [6.07, 6.45) is 0.164. The molecule has 0 unspecified atom stereocenters. The molecule has 1 rings (SSSR count). The molecule has 1 fully saturated rings.